The van der Waals surface area contributed by atoms with Gasteiger partial charge in [0, 0.05) is 10.9 Å². The first kappa shape index (κ1) is 17.7. The molecule has 1 nitrogen and oxygen atoms in total. The van der Waals surface area contributed by atoms with Crippen LogP contribution in [0.2, 0.25) is 0 Å². The zero-order valence-corrected chi connectivity index (χ0v) is 13.1. The van der Waals surface area contributed by atoms with Crippen LogP contribution in [0.5, 0.6) is 5.75 Å². The SMILES string of the molecule is COc1c(F)c(F)c(C#Cc2ccc3c(F)c(F)ccc3c2)c(F)c1F. The van der Waals surface area contributed by atoms with E-state index >= 15 is 0 Å². The van der Waals surface area contributed by atoms with Crippen molar-refractivity contribution in [2.24, 2.45) is 0 Å². The van der Waals surface area contributed by atoms with Gasteiger partial charge >= 0.3 is 0 Å². The Morgan fingerprint density at radius 2 is 1.38 bits per heavy atom. The number of methoxy groups -OCH3 is 1. The number of hydrogen-bond acceptors (Lipinski definition) is 1. The van der Waals surface area contributed by atoms with Crippen LogP contribution in [-0.4, -0.2) is 7.11 Å². The van der Waals surface area contributed by atoms with Gasteiger partial charge in [-0.3, -0.25) is 0 Å². The molecule has 3 aromatic carbocycles. The van der Waals surface area contributed by atoms with E-state index in [4.69, 9.17) is 0 Å². The summed E-state index contributed by atoms with van der Waals surface area (Å²) in [5.41, 5.74) is -0.926. The molecule has 26 heavy (non-hydrogen) atoms. The summed E-state index contributed by atoms with van der Waals surface area (Å²) in [6.45, 7) is 0. The van der Waals surface area contributed by atoms with Gasteiger partial charge in [-0.05, 0) is 23.6 Å². The minimum atomic E-state index is -1.70. The normalized spacial score (nSPS) is 10.6. The highest BCUT2D eigenvalue weighted by atomic mass is 19.2. The lowest BCUT2D eigenvalue weighted by molar-refractivity contribution is 0.331. The molecule has 0 spiro atoms. The Morgan fingerprint density at radius 3 is 2.00 bits per heavy atom. The Kier molecular flexibility index (Phi) is 4.51. The number of halogens is 6. The molecule has 0 saturated carbocycles. The molecular formula is C19H8F6O. The molecule has 0 amide bonds. The van der Waals surface area contributed by atoms with Gasteiger partial charge in [-0.2, -0.15) is 8.78 Å². The van der Waals surface area contributed by atoms with Crippen LogP contribution < -0.4 is 4.74 Å². The van der Waals surface area contributed by atoms with Gasteiger partial charge < -0.3 is 4.74 Å². The second-order valence-electron chi connectivity index (χ2n) is 5.21. The van der Waals surface area contributed by atoms with E-state index in [1.807, 2.05) is 5.92 Å². The van der Waals surface area contributed by atoms with Crippen LogP contribution in [0.25, 0.3) is 10.8 Å². The van der Waals surface area contributed by atoms with Gasteiger partial charge in [0.1, 0.15) is 5.56 Å². The quantitative estimate of drug-likeness (QED) is 0.331. The van der Waals surface area contributed by atoms with E-state index in [9.17, 15) is 26.3 Å². The lowest BCUT2D eigenvalue weighted by Gasteiger charge is -2.07. The van der Waals surface area contributed by atoms with Crippen molar-refractivity contribution in [1.82, 2.24) is 0 Å². The summed E-state index contributed by atoms with van der Waals surface area (Å²) >= 11 is 0. The van der Waals surface area contributed by atoms with Gasteiger partial charge in [0.15, 0.2) is 29.0 Å². The van der Waals surface area contributed by atoms with Gasteiger partial charge in [-0.15, -0.1) is 0 Å². The highest BCUT2D eigenvalue weighted by molar-refractivity contribution is 5.84. The maximum absolute atomic E-state index is 13.9. The van der Waals surface area contributed by atoms with Crippen molar-refractivity contribution in [3.05, 3.63) is 76.4 Å². The molecule has 0 fully saturated rings. The molecule has 0 unspecified atom stereocenters. The molecule has 3 rings (SSSR count). The van der Waals surface area contributed by atoms with E-state index in [0.29, 0.717) is 5.39 Å². The molecule has 0 aliphatic heterocycles. The summed E-state index contributed by atoms with van der Waals surface area (Å²) in [4.78, 5) is 0. The van der Waals surface area contributed by atoms with E-state index in [-0.39, 0.29) is 10.9 Å². The lowest BCUT2D eigenvalue weighted by atomic mass is 10.1. The van der Waals surface area contributed by atoms with Gasteiger partial charge in [0.05, 0.1) is 7.11 Å². The predicted octanol–water partition coefficient (Wildman–Crippen LogP) is 5.08. The van der Waals surface area contributed by atoms with E-state index in [2.05, 4.69) is 10.7 Å². The van der Waals surface area contributed by atoms with E-state index in [0.717, 1.165) is 13.2 Å². The first-order chi connectivity index (χ1) is 12.3. The summed E-state index contributed by atoms with van der Waals surface area (Å²) in [5, 5.41) is 0.290. The zero-order valence-electron chi connectivity index (χ0n) is 13.1. The number of fused-ring (bicyclic) bond motifs is 1. The fraction of sp³-hybridized carbons (Fsp3) is 0.0526. The average Bonchev–Trinajstić information content (AvgIpc) is 2.63. The van der Waals surface area contributed by atoms with Crippen LogP contribution >= 0.6 is 0 Å². The molecule has 3 aromatic rings. The molecule has 7 heteroatoms. The minimum Gasteiger partial charge on any atom is -0.491 e. The maximum atomic E-state index is 13.9. The molecule has 0 bridgehead atoms. The molecule has 0 aromatic heterocycles. The van der Waals surface area contributed by atoms with Crippen molar-refractivity contribution in [2.75, 3.05) is 7.11 Å². The first-order valence-electron chi connectivity index (χ1n) is 7.14. The zero-order chi connectivity index (χ0) is 19.0. The standard InChI is InChI=1S/C19H8F6O/c1-26-19-17(24)15(22)12(16(23)18(19)25)6-3-9-2-5-11-10(8-9)4-7-13(20)14(11)21/h2,4-5,7-8H,1H3. The Bertz CT molecular complexity index is 1070. The van der Waals surface area contributed by atoms with Crippen molar-refractivity contribution in [2.45, 2.75) is 0 Å². The third-order valence-electron chi connectivity index (χ3n) is 3.67. The van der Waals surface area contributed by atoms with Gasteiger partial charge in [-0.25, -0.2) is 17.6 Å². The smallest absolute Gasteiger partial charge is 0.205 e. The fourth-order valence-corrected chi connectivity index (χ4v) is 2.38. The van der Waals surface area contributed by atoms with Crippen LogP contribution in [0.15, 0.2) is 30.3 Å². The topological polar surface area (TPSA) is 9.23 Å². The second kappa shape index (κ2) is 6.64. The third kappa shape index (κ3) is 2.84. The minimum absolute atomic E-state index is 0.00514. The molecular weight excluding hydrogens is 358 g/mol. The van der Waals surface area contributed by atoms with Crippen molar-refractivity contribution < 1.29 is 31.1 Å². The third-order valence-corrected chi connectivity index (χ3v) is 3.67. The van der Waals surface area contributed by atoms with E-state index in [1.54, 1.807) is 0 Å². The van der Waals surface area contributed by atoms with Crippen molar-refractivity contribution >= 4 is 10.8 Å². The van der Waals surface area contributed by atoms with Crippen LogP contribution in [0.1, 0.15) is 11.1 Å². The summed E-state index contributed by atoms with van der Waals surface area (Å²) < 4.78 is 86.2. The van der Waals surface area contributed by atoms with Crippen LogP contribution in [0, 0.1) is 46.7 Å². The molecule has 0 atom stereocenters. The largest absolute Gasteiger partial charge is 0.491 e. The van der Waals surface area contributed by atoms with Crippen LogP contribution in [-0.2, 0) is 0 Å². The monoisotopic (exact) mass is 366 g/mol. The van der Waals surface area contributed by atoms with Crippen molar-refractivity contribution in [3.63, 3.8) is 0 Å². The van der Waals surface area contributed by atoms with Gasteiger partial charge in [0.2, 0.25) is 11.6 Å². The highest BCUT2D eigenvalue weighted by Crippen LogP contribution is 2.29. The number of benzene rings is 3. The average molecular weight is 366 g/mol. The fourth-order valence-electron chi connectivity index (χ4n) is 2.38. The van der Waals surface area contributed by atoms with Gasteiger partial charge in [0.25, 0.3) is 0 Å². The van der Waals surface area contributed by atoms with Crippen molar-refractivity contribution in [1.29, 1.82) is 0 Å². The lowest BCUT2D eigenvalue weighted by Crippen LogP contribution is -2.04. The molecule has 0 N–H and O–H groups in total. The predicted molar refractivity (Wildman–Crippen MR) is 82.7 cm³/mol. The summed E-state index contributed by atoms with van der Waals surface area (Å²) in [7, 11) is 0.864. The van der Waals surface area contributed by atoms with Crippen molar-refractivity contribution in [3.8, 4) is 17.6 Å². The molecule has 132 valence electrons. The molecule has 0 aliphatic carbocycles. The van der Waals surface area contributed by atoms with Crippen LogP contribution in [0.4, 0.5) is 26.3 Å². The van der Waals surface area contributed by atoms with Crippen LogP contribution in [0.3, 0.4) is 0 Å². The molecule has 0 aliphatic rings. The van der Waals surface area contributed by atoms with E-state index in [1.165, 1.54) is 24.3 Å². The Morgan fingerprint density at radius 1 is 0.731 bits per heavy atom. The molecule has 0 saturated heterocycles. The molecule has 0 radical (unpaired) electrons. The number of rotatable bonds is 1. The van der Waals surface area contributed by atoms with Gasteiger partial charge in [-0.1, -0.05) is 24.0 Å². The Hall–Kier alpha value is -3.14. The summed E-state index contributed by atoms with van der Waals surface area (Å²) in [6.07, 6.45) is 0. The molecule has 0 heterocycles. The summed E-state index contributed by atoms with van der Waals surface area (Å²) in [5.74, 6) is -5.68. The first-order valence-corrected chi connectivity index (χ1v) is 7.14. The maximum Gasteiger partial charge on any atom is 0.205 e. The number of ether oxygens (including phenoxy) is 1. The highest BCUT2D eigenvalue weighted by Gasteiger charge is 2.25. The summed E-state index contributed by atoms with van der Waals surface area (Å²) in [6, 6.07) is 6.08. The Balaban J connectivity index is 2.11. The Labute approximate surface area is 143 Å². The second-order valence-corrected chi connectivity index (χ2v) is 5.21. The number of hydrogen-bond donors (Lipinski definition) is 0. The van der Waals surface area contributed by atoms with E-state index < -0.39 is 46.2 Å².